The second-order valence-electron chi connectivity index (χ2n) is 5.16. The number of carbonyl (C=O) groups excluding carboxylic acids is 1. The molecule has 8 heteroatoms. The first kappa shape index (κ1) is 17.7. The number of benzene rings is 2. The fourth-order valence-electron chi connectivity index (χ4n) is 2.27. The SMILES string of the molecule is COc1ccc(C(=O)Nc2nnc(-c3ccc(OC)cc3OC)s2)cc1. The Morgan fingerprint density at radius 1 is 0.923 bits per heavy atom. The number of nitrogens with one attached hydrogen (secondary N) is 1. The highest BCUT2D eigenvalue weighted by Crippen LogP contribution is 2.36. The van der Waals surface area contributed by atoms with Crippen molar-refractivity contribution >= 4 is 22.4 Å². The average Bonchev–Trinajstić information content (AvgIpc) is 3.15. The van der Waals surface area contributed by atoms with Gasteiger partial charge in [-0.25, -0.2) is 0 Å². The molecule has 0 saturated heterocycles. The molecule has 0 saturated carbocycles. The maximum atomic E-state index is 12.3. The minimum atomic E-state index is -0.267. The van der Waals surface area contributed by atoms with Crippen LogP contribution in [0.5, 0.6) is 17.2 Å². The first-order valence-corrected chi connectivity index (χ1v) is 8.47. The van der Waals surface area contributed by atoms with Crippen LogP contribution >= 0.6 is 11.3 Å². The molecule has 0 aliphatic carbocycles. The van der Waals surface area contributed by atoms with E-state index in [1.54, 1.807) is 51.7 Å². The third kappa shape index (κ3) is 3.75. The van der Waals surface area contributed by atoms with Crippen LogP contribution in [0.15, 0.2) is 42.5 Å². The fraction of sp³-hybridized carbons (Fsp3) is 0.167. The van der Waals surface area contributed by atoms with E-state index < -0.39 is 0 Å². The number of carbonyl (C=O) groups is 1. The zero-order chi connectivity index (χ0) is 18.5. The van der Waals surface area contributed by atoms with Crippen LogP contribution in [0, 0.1) is 0 Å². The average molecular weight is 371 g/mol. The van der Waals surface area contributed by atoms with Gasteiger partial charge in [0.1, 0.15) is 17.2 Å². The summed E-state index contributed by atoms with van der Waals surface area (Å²) in [4.78, 5) is 12.3. The van der Waals surface area contributed by atoms with Gasteiger partial charge in [0.05, 0.1) is 26.9 Å². The Bertz CT molecular complexity index is 909. The summed E-state index contributed by atoms with van der Waals surface area (Å²) >= 11 is 1.26. The zero-order valence-corrected chi connectivity index (χ0v) is 15.3. The molecule has 0 fully saturated rings. The molecule has 3 rings (SSSR count). The Hall–Kier alpha value is -3.13. The Morgan fingerprint density at radius 2 is 1.62 bits per heavy atom. The van der Waals surface area contributed by atoms with E-state index in [-0.39, 0.29) is 5.91 Å². The van der Waals surface area contributed by atoms with Crippen molar-refractivity contribution in [2.75, 3.05) is 26.6 Å². The molecule has 2 aromatic carbocycles. The second kappa shape index (κ2) is 7.83. The van der Waals surface area contributed by atoms with Gasteiger partial charge >= 0.3 is 0 Å². The largest absolute Gasteiger partial charge is 0.497 e. The molecular weight excluding hydrogens is 354 g/mol. The fourth-order valence-corrected chi connectivity index (χ4v) is 3.04. The summed E-state index contributed by atoms with van der Waals surface area (Å²) < 4.78 is 15.7. The van der Waals surface area contributed by atoms with Crippen molar-refractivity contribution in [1.29, 1.82) is 0 Å². The Kier molecular flexibility index (Phi) is 5.33. The third-order valence-electron chi connectivity index (χ3n) is 3.64. The normalized spacial score (nSPS) is 10.3. The monoisotopic (exact) mass is 371 g/mol. The van der Waals surface area contributed by atoms with Crippen molar-refractivity contribution in [3.05, 3.63) is 48.0 Å². The van der Waals surface area contributed by atoms with E-state index in [2.05, 4.69) is 15.5 Å². The van der Waals surface area contributed by atoms with Gasteiger partial charge in [0, 0.05) is 11.6 Å². The molecular formula is C18H17N3O4S. The van der Waals surface area contributed by atoms with Gasteiger partial charge < -0.3 is 14.2 Å². The molecule has 3 aromatic rings. The van der Waals surface area contributed by atoms with Gasteiger partial charge in [-0.2, -0.15) is 0 Å². The van der Waals surface area contributed by atoms with Crippen molar-refractivity contribution in [1.82, 2.24) is 10.2 Å². The minimum absolute atomic E-state index is 0.267. The highest BCUT2D eigenvalue weighted by atomic mass is 32.1. The van der Waals surface area contributed by atoms with Crippen LogP contribution in [-0.4, -0.2) is 37.4 Å². The molecule has 0 spiro atoms. The highest BCUT2D eigenvalue weighted by molar-refractivity contribution is 7.18. The van der Waals surface area contributed by atoms with Gasteiger partial charge in [-0.3, -0.25) is 10.1 Å². The van der Waals surface area contributed by atoms with Crippen molar-refractivity contribution < 1.29 is 19.0 Å². The number of nitrogens with zero attached hydrogens (tertiary/aromatic N) is 2. The van der Waals surface area contributed by atoms with Crippen molar-refractivity contribution in [2.24, 2.45) is 0 Å². The number of hydrogen-bond acceptors (Lipinski definition) is 7. The van der Waals surface area contributed by atoms with E-state index in [1.807, 2.05) is 12.1 Å². The Morgan fingerprint density at radius 3 is 2.27 bits per heavy atom. The summed E-state index contributed by atoms with van der Waals surface area (Å²) in [6, 6.07) is 12.2. The first-order chi connectivity index (χ1) is 12.6. The number of anilines is 1. The lowest BCUT2D eigenvalue weighted by Crippen LogP contribution is -2.11. The molecule has 0 bridgehead atoms. The van der Waals surface area contributed by atoms with Gasteiger partial charge in [-0.05, 0) is 36.4 Å². The molecule has 7 nitrogen and oxygen atoms in total. The summed E-state index contributed by atoms with van der Waals surface area (Å²) in [5, 5.41) is 12.0. The van der Waals surface area contributed by atoms with Crippen molar-refractivity contribution in [2.45, 2.75) is 0 Å². The van der Waals surface area contributed by atoms with E-state index >= 15 is 0 Å². The molecule has 0 unspecified atom stereocenters. The van der Waals surface area contributed by atoms with Crippen LogP contribution in [0.2, 0.25) is 0 Å². The summed E-state index contributed by atoms with van der Waals surface area (Å²) in [5.74, 6) is 1.72. The molecule has 1 aromatic heterocycles. The summed E-state index contributed by atoms with van der Waals surface area (Å²) in [5.41, 5.74) is 1.28. The second-order valence-corrected chi connectivity index (χ2v) is 6.14. The van der Waals surface area contributed by atoms with E-state index in [1.165, 1.54) is 11.3 Å². The van der Waals surface area contributed by atoms with Crippen LogP contribution in [0.3, 0.4) is 0 Å². The van der Waals surface area contributed by atoms with Gasteiger partial charge in [-0.15, -0.1) is 10.2 Å². The first-order valence-electron chi connectivity index (χ1n) is 7.66. The molecule has 134 valence electrons. The number of hydrogen-bond donors (Lipinski definition) is 1. The predicted molar refractivity (Wildman–Crippen MR) is 99.4 cm³/mol. The Labute approximate surface area is 154 Å². The molecule has 0 atom stereocenters. The quantitative estimate of drug-likeness (QED) is 0.714. The number of aromatic nitrogens is 2. The Balaban J connectivity index is 1.78. The van der Waals surface area contributed by atoms with Gasteiger partial charge in [0.15, 0.2) is 5.01 Å². The van der Waals surface area contributed by atoms with Gasteiger partial charge in [-0.1, -0.05) is 11.3 Å². The summed E-state index contributed by atoms with van der Waals surface area (Å²) in [6.07, 6.45) is 0. The minimum Gasteiger partial charge on any atom is -0.497 e. The standard InChI is InChI=1S/C18H17N3O4S/c1-23-12-6-4-11(5-7-12)16(22)19-18-21-20-17(26-18)14-9-8-13(24-2)10-15(14)25-3/h4-10H,1-3H3,(H,19,21,22). The number of ether oxygens (including phenoxy) is 3. The number of amides is 1. The van der Waals surface area contributed by atoms with Gasteiger partial charge in [0.25, 0.3) is 5.91 Å². The molecule has 0 aliphatic heterocycles. The lowest BCUT2D eigenvalue weighted by molar-refractivity contribution is 0.102. The molecule has 0 aliphatic rings. The molecule has 0 radical (unpaired) electrons. The maximum Gasteiger partial charge on any atom is 0.257 e. The topological polar surface area (TPSA) is 82.6 Å². The maximum absolute atomic E-state index is 12.3. The van der Waals surface area contributed by atoms with Crippen LogP contribution in [-0.2, 0) is 0 Å². The molecule has 1 N–H and O–H groups in total. The van der Waals surface area contributed by atoms with Gasteiger partial charge in [0.2, 0.25) is 5.13 Å². The van der Waals surface area contributed by atoms with E-state index in [0.29, 0.717) is 33.0 Å². The van der Waals surface area contributed by atoms with E-state index in [4.69, 9.17) is 14.2 Å². The number of rotatable bonds is 6. The number of methoxy groups -OCH3 is 3. The van der Waals surface area contributed by atoms with Crippen molar-refractivity contribution in [3.8, 4) is 27.8 Å². The van der Waals surface area contributed by atoms with E-state index in [9.17, 15) is 4.79 Å². The highest BCUT2D eigenvalue weighted by Gasteiger charge is 2.15. The van der Waals surface area contributed by atoms with Crippen LogP contribution < -0.4 is 19.5 Å². The molecule has 1 amide bonds. The zero-order valence-electron chi connectivity index (χ0n) is 14.5. The third-order valence-corrected chi connectivity index (χ3v) is 4.51. The van der Waals surface area contributed by atoms with Crippen LogP contribution in [0.25, 0.3) is 10.6 Å². The van der Waals surface area contributed by atoms with Crippen LogP contribution in [0.1, 0.15) is 10.4 Å². The summed E-state index contributed by atoms with van der Waals surface area (Å²) in [6.45, 7) is 0. The lowest BCUT2D eigenvalue weighted by Gasteiger charge is -2.07. The molecule has 26 heavy (non-hydrogen) atoms. The van der Waals surface area contributed by atoms with E-state index in [0.717, 1.165) is 5.56 Å². The smallest absolute Gasteiger partial charge is 0.257 e. The predicted octanol–water partition coefficient (Wildman–Crippen LogP) is 3.48. The van der Waals surface area contributed by atoms with Crippen LogP contribution in [0.4, 0.5) is 5.13 Å². The lowest BCUT2D eigenvalue weighted by atomic mass is 10.2. The molecule has 1 heterocycles. The van der Waals surface area contributed by atoms with Crippen molar-refractivity contribution in [3.63, 3.8) is 0 Å². The summed E-state index contributed by atoms with van der Waals surface area (Å²) in [7, 11) is 4.74.